The third-order valence-corrected chi connectivity index (χ3v) is 4.12. The number of nitrogens with zero attached hydrogens (tertiary/aromatic N) is 1. The summed E-state index contributed by atoms with van der Waals surface area (Å²) >= 11 is 4.45. The highest BCUT2D eigenvalue weighted by Crippen LogP contribution is 2.47. The minimum atomic E-state index is 0.586. The Labute approximate surface area is 88.3 Å². The normalized spacial score (nSPS) is 21.9. The number of thiol groups is 1. The molecule has 0 amide bonds. The average Bonchev–Trinajstić information content (AvgIpc) is 2.94. The topological polar surface area (TPSA) is 3.24 Å². The molecule has 0 radical (unpaired) electrons. The van der Waals surface area contributed by atoms with Gasteiger partial charge < -0.3 is 4.90 Å². The van der Waals surface area contributed by atoms with Crippen LogP contribution < -0.4 is 0 Å². The van der Waals surface area contributed by atoms with E-state index < -0.39 is 0 Å². The first-order valence-electron chi connectivity index (χ1n) is 5.52. The summed E-state index contributed by atoms with van der Waals surface area (Å²) < 4.78 is 0. The maximum atomic E-state index is 4.45. The molecule has 0 N–H and O–H groups in total. The van der Waals surface area contributed by atoms with Gasteiger partial charge in [-0.2, -0.15) is 12.6 Å². The third-order valence-electron chi connectivity index (χ3n) is 3.45. The van der Waals surface area contributed by atoms with Crippen molar-refractivity contribution in [1.29, 1.82) is 0 Å². The molecule has 0 spiro atoms. The van der Waals surface area contributed by atoms with Crippen molar-refractivity contribution < 1.29 is 0 Å². The highest BCUT2D eigenvalue weighted by atomic mass is 32.1. The summed E-state index contributed by atoms with van der Waals surface area (Å²) in [5, 5.41) is 0. The van der Waals surface area contributed by atoms with Gasteiger partial charge in [-0.05, 0) is 43.9 Å². The minimum Gasteiger partial charge on any atom is -0.300 e. The van der Waals surface area contributed by atoms with Crippen LogP contribution in [-0.2, 0) is 0 Å². The molecule has 0 saturated heterocycles. The zero-order chi connectivity index (χ0) is 9.90. The quantitative estimate of drug-likeness (QED) is 0.647. The molecule has 0 bridgehead atoms. The van der Waals surface area contributed by atoms with Crippen molar-refractivity contribution in [1.82, 2.24) is 4.90 Å². The van der Waals surface area contributed by atoms with Gasteiger partial charge in [0.15, 0.2) is 0 Å². The Bertz CT molecular complexity index is 154. The van der Waals surface area contributed by atoms with Crippen LogP contribution in [0.1, 0.15) is 40.0 Å². The van der Waals surface area contributed by atoms with E-state index in [9.17, 15) is 0 Å². The second-order valence-electron chi connectivity index (χ2n) is 4.48. The zero-order valence-electron chi connectivity index (χ0n) is 9.21. The summed E-state index contributed by atoms with van der Waals surface area (Å²) in [6.45, 7) is 9.32. The van der Waals surface area contributed by atoms with Gasteiger partial charge in [-0.25, -0.2) is 0 Å². The van der Waals surface area contributed by atoms with Gasteiger partial charge in [-0.3, -0.25) is 0 Å². The third kappa shape index (κ3) is 2.88. The Balaban J connectivity index is 2.39. The highest BCUT2D eigenvalue weighted by molar-refractivity contribution is 7.80. The summed E-state index contributed by atoms with van der Waals surface area (Å²) in [6.07, 6.45) is 4.04. The molecule has 1 fully saturated rings. The van der Waals surface area contributed by atoms with Crippen LogP contribution in [0.4, 0.5) is 0 Å². The smallest absolute Gasteiger partial charge is 0.00644 e. The predicted molar refractivity (Wildman–Crippen MR) is 62.5 cm³/mol. The number of hydrogen-bond acceptors (Lipinski definition) is 2. The summed E-state index contributed by atoms with van der Waals surface area (Å²) in [4.78, 5) is 2.60. The van der Waals surface area contributed by atoms with Gasteiger partial charge in [0.25, 0.3) is 0 Å². The van der Waals surface area contributed by atoms with E-state index >= 15 is 0 Å². The molecule has 1 aliphatic rings. The van der Waals surface area contributed by atoms with Crippen LogP contribution in [0.25, 0.3) is 0 Å². The van der Waals surface area contributed by atoms with E-state index in [4.69, 9.17) is 0 Å². The van der Waals surface area contributed by atoms with E-state index in [2.05, 4.69) is 38.3 Å². The zero-order valence-corrected chi connectivity index (χ0v) is 10.1. The lowest BCUT2D eigenvalue weighted by atomic mass is 10.1. The summed E-state index contributed by atoms with van der Waals surface area (Å²) in [5.74, 6) is 1.07. The van der Waals surface area contributed by atoms with Gasteiger partial charge in [0, 0.05) is 12.6 Å². The molecular weight excluding hydrogens is 178 g/mol. The maximum absolute atomic E-state index is 4.45. The van der Waals surface area contributed by atoms with E-state index in [-0.39, 0.29) is 0 Å². The first-order chi connectivity index (χ1) is 6.17. The molecule has 0 aromatic heterocycles. The van der Waals surface area contributed by atoms with E-state index in [1.807, 2.05) is 0 Å². The molecule has 1 aliphatic carbocycles. The maximum Gasteiger partial charge on any atom is 0.00644 e. The number of hydrogen-bond donors (Lipinski definition) is 1. The second kappa shape index (κ2) is 4.70. The SMILES string of the molecule is CCC(C)N(CC)CC1(CS)CC1. The van der Waals surface area contributed by atoms with Crippen molar-refractivity contribution >= 4 is 12.6 Å². The Morgan fingerprint density at radius 3 is 2.31 bits per heavy atom. The molecule has 0 heterocycles. The molecule has 1 rings (SSSR count). The molecule has 0 aliphatic heterocycles. The van der Waals surface area contributed by atoms with Gasteiger partial charge in [0.1, 0.15) is 0 Å². The second-order valence-corrected chi connectivity index (χ2v) is 4.79. The van der Waals surface area contributed by atoms with Gasteiger partial charge >= 0.3 is 0 Å². The lowest BCUT2D eigenvalue weighted by molar-refractivity contribution is 0.180. The molecule has 13 heavy (non-hydrogen) atoms. The molecule has 1 atom stereocenters. The average molecular weight is 201 g/mol. The minimum absolute atomic E-state index is 0.586. The fourth-order valence-corrected chi connectivity index (χ4v) is 2.23. The van der Waals surface area contributed by atoms with Crippen molar-refractivity contribution in [2.45, 2.75) is 46.1 Å². The molecule has 2 heteroatoms. The van der Waals surface area contributed by atoms with Crippen molar-refractivity contribution in [3.63, 3.8) is 0 Å². The Morgan fingerprint density at radius 2 is 2.00 bits per heavy atom. The van der Waals surface area contributed by atoms with Gasteiger partial charge in [0.05, 0.1) is 0 Å². The Kier molecular flexibility index (Phi) is 4.11. The molecule has 1 nitrogen and oxygen atoms in total. The lowest BCUT2D eigenvalue weighted by Crippen LogP contribution is -2.37. The van der Waals surface area contributed by atoms with Crippen molar-refractivity contribution in [2.75, 3.05) is 18.8 Å². The van der Waals surface area contributed by atoms with E-state index in [1.165, 1.54) is 32.4 Å². The molecule has 1 saturated carbocycles. The molecule has 0 aromatic rings. The van der Waals surface area contributed by atoms with Crippen LogP contribution in [0.5, 0.6) is 0 Å². The lowest BCUT2D eigenvalue weighted by Gasteiger charge is -2.30. The Morgan fingerprint density at radius 1 is 1.38 bits per heavy atom. The van der Waals surface area contributed by atoms with Crippen LogP contribution in [0, 0.1) is 5.41 Å². The summed E-state index contributed by atoms with van der Waals surface area (Å²) in [6, 6.07) is 0.738. The van der Waals surface area contributed by atoms with Gasteiger partial charge in [-0.1, -0.05) is 13.8 Å². The largest absolute Gasteiger partial charge is 0.300 e. The van der Waals surface area contributed by atoms with E-state index in [0.29, 0.717) is 5.41 Å². The summed E-state index contributed by atoms with van der Waals surface area (Å²) in [5.41, 5.74) is 0.586. The van der Waals surface area contributed by atoms with Crippen LogP contribution >= 0.6 is 12.6 Å². The predicted octanol–water partition coefficient (Wildman–Crippen LogP) is 2.82. The van der Waals surface area contributed by atoms with Crippen LogP contribution in [-0.4, -0.2) is 29.8 Å². The first-order valence-corrected chi connectivity index (χ1v) is 6.15. The monoisotopic (exact) mass is 201 g/mol. The van der Waals surface area contributed by atoms with Crippen LogP contribution in [0.15, 0.2) is 0 Å². The Hall–Kier alpha value is 0.310. The fraction of sp³-hybridized carbons (Fsp3) is 1.00. The van der Waals surface area contributed by atoms with Crippen molar-refractivity contribution in [2.24, 2.45) is 5.41 Å². The standard InChI is InChI=1S/C11H23NS/c1-4-10(3)12(5-2)8-11(9-13)6-7-11/h10,13H,4-9H2,1-3H3. The van der Waals surface area contributed by atoms with E-state index in [1.54, 1.807) is 0 Å². The molecular formula is C11H23NS. The molecule has 0 aromatic carbocycles. The van der Waals surface area contributed by atoms with Crippen LogP contribution in [0.3, 0.4) is 0 Å². The van der Waals surface area contributed by atoms with Gasteiger partial charge in [0.2, 0.25) is 0 Å². The van der Waals surface area contributed by atoms with Crippen molar-refractivity contribution in [3.8, 4) is 0 Å². The molecule has 78 valence electrons. The van der Waals surface area contributed by atoms with E-state index in [0.717, 1.165) is 11.8 Å². The van der Waals surface area contributed by atoms with Gasteiger partial charge in [-0.15, -0.1) is 0 Å². The summed E-state index contributed by atoms with van der Waals surface area (Å²) in [7, 11) is 0. The fourth-order valence-electron chi connectivity index (χ4n) is 1.81. The first kappa shape index (κ1) is 11.4. The highest BCUT2D eigenvalue weighted by Gasteiger charge is 2.42. The van der Waals surface area contributed by atoms with Crippen LogP contribution in [0.2, 0.25) is 0 Å². The number of rotatable bonds is 6. The molecule has 1 unspecified atom stereocenters. The van der Waals surface area contributed by atoms with Crippen molar-refractivity contribution in [3.05, 3.63) is 0 Å².